The predicted octanol–water partition coefficient (Wildman–Crippen LogP) is -1.62. The normalized spacial score (nSPS) is 41.7. The summed E-state index contributed by atoms with van der Waals surface area (Å²) in [6.45, 7) is 4.72. The van der Waals surface area contributed by atoms with Crippen LogP contribution in [0.15, 0.2) is 12.7 Å². The zero-order valence-electron chi connectivity index (χ0n) is 9.06. The molecule has 0 aliphatic carbocycles. The molecule has 1 heterocycles. The van der Waals surface area contributed by atoms with Gasteiger partial charge in [-0.2, -0.15) is 0 Å². The van der Waals surface area contributed by atoms with Crippen LogP contribution in [0.4, 0.5) is 0 Å². The standard InChI is InChI=1S/C10H18O6/c1-3-5(2)15-10-9(14)8(13)7(12)6(4-11)16-10/h3,5-14H,1,4H2,2H3/t5-,6-,7-,8+,9-,10?/m1/s1. The zero-order chi connectivity index (χ0) is 12.3. The lowest BCUT2D eigenvalue weighted by Crippen LogP contribution is -2.59. The van der Waals surface area contributed by atoms with Gasteiger partial charge in [-0.1, -0.05) is 6.08 Å². The van der Waals surface area contributed by atoms with Crippen LogP contribution in [0.3, 0.4) is 0 Å². The Balaban J connectivity index is 2.66. The molecule has 0 saturated carbocycles. The van der Waals surface area contributed by atoms with Crippen molar-refractivity contribution < 1.29 is 29.9 Å². The van der Waals surface area contributed by atoms with Crippen molar-refractivity contribution in [2.24, 2.45) is 0 Å². The number of rotatable bonds is 4. The van der Waals surface area contributed by atoms with Crippen molar-refractivity contribution in [2.45, 2.75) is 43.7 Å². The van der Waals surface area contributed by atoms with Crippen LogP contribution in [0.1, 0.15) is 6.92 Å². The van der Waals surface area contributed by atoms with Gasteiger partial charge in [0.1, 0.15) is 24.4 Å². The fraction of sp³-hybridized carbons (Fsp3) is 0.800. The van der Waals surface area contributed by atoms with Crippen molar-refractivity contribution in [1.29, 1.82) is 0 Å². The molecule has 6 atom stereocenters. The minimum atomic E-state index is -1.41. The van der Waals surface area contributed by atoms with Gasteiger partial charge in [0.25, 0.3) is 0 Å². The molecule has 0 aromatic carbocycles. The van der Waals surface area contributed by atoms with Gasteiger partial charge in [-0.15, -0.1) is 6.58 Å². The number of hydrogen-bond acceptors (Lipinski definition) is 6. The molecule has 6 nitrogen and oxygen atoms in total. The van der Waals surface area contributed by atoms with E-state index in [1.54, 1.807) is 6.92 Å². The largest absolute Gasteiger partial charge is 0.394 e. The lowest BCUT2D eigenvalue weighted by Gasteiger charge is -2.40. The molecule has 1 unspecified atom stereocenters. The molecule has 0 aromatic rings. The van der Waals surface area contributed by atoms with Crippen LogP contribution >= 0.6 is 0 Å². The highest BCUT2D eigenvalue weighted by molar-refractivity contribution is 4.90. The van der Waals surface area contributed by atoms with Crippen LogP contribution in [0.5, 0.6) is 0 Å². The third-order valence-electron chi connectivity index (χ3n) is 2.53. The van der Waals surface area contributed by atoms with Crippen LogP contribution in [-0.4, -0.2) is 63.8 Å². The third-order valence-corrected chi connectivity index (χ3v) is 2.53. The fourth-order valence-corrected chi connectivity index (χ4v) is 1.45. The van der Waals surface area contributed by atoms with E-state index in [0.717, 1.165) is 0 Å². The van der Waals surface area contributed by atoms with E-state index in [-0.39, 0.29) is 6.10 Å². The van der Waals surface area contributed by atoms with E-state index in [2.05, 4.69) is 6.58 Å². The number of aliphatic hydroxyl groups is 4. The topological polar surface area (TPSA) is 99.4 Å². The molecular weight excluding hydrogens is 216 g/mol. The highest BCUT2D eigenvalue weighted by atomic mass is 16.7. The van der Waals surface area contributed by atoms with E-state index >= 15 is 0 Å². The van der Waals surface area contributed by atoms with Crippen molar-refractivity contribution in [3.8, 4) is 0 Å². The molecule has 1 aliphatic rings. The highest BCUT2D eigenvalue weighted by Gasteiger charge is 2.44. The van der Waals surface area contributed by atoms with Crippen molar-refractivity contribution in [3.63, 3.8) is 0 Å². The third kappa shape index (κ3) is 2.79. The summed E-state index contributed by atoms with van der Waals surface area (Å²) < 4.78 is 10.4. The zero-order valence-corrected chi connectivity index (χ0v) is 9.06. The molecule has 0 bridgehead atoms. The van der Waals surface area contributed by atoms with Crippen molar-refractivity contribution in [1.82, 2.24) is 0 Å². The molecule has 0 amide bonds. The average molecular weight is 234 g/mol. The van der Waals surface area contributed by atoms with Gasteiger partial charge in [-0.05, 0) is 6.92 Å². The Morgan fingerprint density at radius 1 is 1.31 bits per heavy atom. The van der Waals surface area contributed by atoms with Crippen LogP contribution in [0.25, 0.3) is 0 Å². The summed E-state index contributed by atoms with van der Waals surface area (Å²) in [4.78, 5) is 0. The molecule has 94 valence electrons. The monoisotopic (exact) mass is 234 g/mol. The van der Waals surface area contributed by atoms with Crippen LogP contribution in [0, 0.1) is 0 Å². The molecule has 6 heteroatoms. The molecule has 1 aliphatic heterocycles. The van der Waals surface area contributed by atoms with Crippen molar-refractivity contribution in [3.05, 3.63) is 12.7 Å². The van der Waals surface area contributed by atoms with Crippen molar-refractivity contribution in [2.75, 3.05) is 6.61 Å². The first-order valence-electron chi connectivity index (χ1n) is 5.09. The Morgan fingerprint density at radius 3 is 2.44 bits per heavy atom. The van der Waals surface area contributed by atoms with E-state index in [1.165, 1.54) is 6.08 Å². The first kappa shape index (κ1) is 13.6. The van der Waals surface area contributed by atoms with Gasteiger partial charge in [0.15, 0.2) is 6.29 Å². The summed E-state index contributed by atoms with van der Waals surface area (Å²) in [7, 11) is 0. The summed E-state index contributed by atoms with van der Waals surface area (Å²) in [6.07, 6.45) is -5.04. The minimum absolute atomic E-state index is 0.374. The van der Waals surface area contributed by atoms with Gasteiger partial charge < -0.3 is 29.9 Å². The van der Waals surface area contributed by atoms with Crippen LogP contribution in [0.2, 0.25) is 0 Å². The fourth-order valence-electron chi connectivity index (χ4n) is 1.45. The molecule has 1 fully saturated rings. The van der Waals surface area contributed by atoms with E-state index in [0.29, 0.717) is 0 Å². The van der Waals surface area contributed by atoms with Crippen LogP contribution < -0.4 is 0 Å². The summed E-state index contributed by atoms with van der Waals surface area (Å²) >= 11 is 0. The first-order chi connectivity index (χ1) is 7.51. The number of hydrogen-bond donors (Lipinski definition) is 4. The first-order valence-corrected chi connectivity index (χ1v) is 5.09. The van der Waals surface area contributed by atoms with E-state index in [9.17, 15) is 15.3 Å². The van der Waals surface area contributed by atoms with Gasteiger partial charge in [0, 0.05) is 0 Å². The van der Waals surface area contributed by atoms with E-state index in [4.69, 9.17) is 14.6 Å². The Bertz CT molecular complexity index is 231. The molecule has 1 rings (SSSR count). The molecular formula is C10H18O6. The molecule has 1 saturated heterocycles. The predicted molar refractivity (Wildman–Crippen MR) is 54.5 cm³/mol. The smallest absolute Gasteiger partial charge is 0.187 e. The molecule has 4 N–H and O–H groups in total. The SMILES string of the molecule is C=C[C@@H](C)OC1O[C@H](CO)[C@@H](O)[C@H](O)[C@H]1O. The average Bonchev–Trinajstić information content (AvgIpc) is 2.29. The minimum Gasteiger partial charge on any atom is -0.394 e. The maximum atomic E-state index is 9.59. The second-order valence-corrected chi connectivity index (χ2v) is 3.77. The Hall–Kier alpha value is -0.500. The van der Waals surface area contributed by atoms with Gasteiger partial charge in [-0.3, -0.25) is 0 Å². The Kier molecular flexibility index (Phi) is 4.85. The van der Waals surface area contributed by atoms with Gasteiger partial charge in [0.2, 0.25) is 0 Å². The van der Waals surface area contributed by atoms with E-state index in [1.807, 2.05) is 0 Å². The summed E-state index contributed by atoms with van der Waals surface area (Å²) in [5.41, 5.74) is 0. The van der Waals surface area contributed by atoms with E-state index < -0.39 is 37.3 Å². The lowest BCUT2D eigenvalue weighted by molar-refractivity contribution is -0.306. The van der Waals surface area contributed by atoms with Crippen LogP contribution in [-0.2, 0) is 9.47 Å². The van der Waals surface area contributed by atoms with Gasteiger partial charge in [0.05, 0.1) is 12.7 Å². The summed E-state index contributed by atoms with van der Waals surface area (Å²) in [5, 5.41) is 37.5. The number of aliphatic hydroxyl groups excluding tert-OH is 4. The summed E-state index contributed by atoms with van der Waals surface area (Å²) in [5.74, 6) is 0. The molecule has 16 heavy (non-hydrogen) atoms. The van der Waals surface area contributed by atoms with Gasteiger partial charge in [-0.25, -0.2) is 0 Å². The lowest BCUT2D eigenvalue weighted by atomic mass is 9.99. The second-order valence-electron chi connectivity index (χ2n) is 3.77. The number of ether oxygens (including phenoxy) is 2. The highest BCUT2D eigenvalue weighted by Crippen LogP contribution is 2.22. The summed E-state index contributed by atoms with van der Waals surface area (Å²) in [6, 6.07) is 0. The quantitative estimate of drug-likeness (QED) is 0.436. The van der Waals surface area contributed by atoms with Gasteiger partial charge >= 0.3 is 0 Å². The molecule has 0 aromatic heterocycles. The Morgan fingerprint density at radius 2 is 1.94 bits per heavy atom. The second kappa shape index (κ2) is 5.72. The maximum absolute atomic E-state index is 9.59. The molecule has 0 spiro atoms. The maximum Gasteiger partial charge on any atom is 0.187 e. The Labute approximate surface area is 93.7 Å². The molecule has 0 radical (unpaired) electrons. The van der Waals surface area contributed by atoms with Crippen molar-refractivity contribution >= 4 is 0 Å².